The number of rotatable bonds is 2. The van der Waals surface area contributed by atoms with Crippen molar-refractivity contribution in [1.29, 1.82) is 0 Å². The number of aliphatic hydroxyl groups is 1. The van der Waals surface area contributed by atoms with Crippen molar-refractivity contribution in [1.82, 2.24) is 0 Å². The minimum Gasteiger partial charge on any atom is -0.497 e. The first kappa shape index (κ1) is 13.3. The molecule has 1 unspecified atom stereocenters. The van der Waals surface area contributed by atoms with Crippen molar-refractivity contribution < 1.29 is 14.6 Å². The smallest absolute Gasteiger partial charge is 0.129 e. The van der Waals surface area contributed by atoms with Crippen LogP contribution in [0.25, 0.3) is 0 Å². The summed E-state index contributed by atoms with van der Waals surface area (Å²) in [4.78, 5) is 0. The Balaban J connectivity index is 1.92. The zero-order chi connectivity index (χ0) is 14.1. The van der Waals surface area contributed by atoms with Crippen molar-refractivity contribution in [3.05, 3.63) is 58.6 Å². The van der Waals surface area contributed by atoms with Crippen molar-refractivity contribution in [2.24, 2.45) is 0 Å². The van der Waals surface area contributed by atoms with Crippen LogP contribution in [-0.4, -0.2) is 12.2 Å². The summed E-state index contributed by atoms with van der Waals surface area (Å²) in [6.07, 6.45) is -0.187. The molecule has 1 aliphatic rings. The summed E-state index contributed by atoms with van der Waals surface area (Å²) in [7, 11) is 1.61. The molecular formula is C16H15ClO3. The molecule has 1 heterocycles. The van der Waals surface area contributed by atoms with Crippen molar-refractivity contribution in [2.45, 2.75) is 18.6 Å². The van der Waals surface area contributed by atoms with Crippen molar-refractivity contribution >= 4 is 11.6 Å². The summed E-state index contributed by atoms with van der Waals surface area (Å²) in [5, 5.41) is 11.0. The van der Waals surface area contributed by atoms with Crippen LogP contribution in [0.15, 0.2) is 42.5 Å². The molecule has 0 fully saturated rings. The SMILES string of the molecule is COc1ccc2c(c1)OC(c1ccc(Cl)cc1)C[C@@H]2O. The zero-order valence-corrected chi connectivity index (χ0v) is 11.8. The van der Waals surface area contributed by atoms with Crippen molar-refractivity contribution in [3.8, 4) is 11.5 Å². The minimum absolute atomic E-state index is 0.179. The number of halogens is 1. The predicted octanol–water partition coefficient (Wildman–Crippen LogP) is 3.91. The maximum Gasteiger partial charge on any atom is 0.129 e. The molecule has 0 aliphatic carbocycles. The van der Waals surface area contributed by atoms with Crippen LogP contribution >= 0.6 is 11.6 Å². The molecule has 0 bridgehead atoms. The van der Waals surface area contributed by atoms with Gasteiger partial charge in [0.15, 0.2) is 0 Å². The molecule has 4 heteroatoms. The van der Waals surface area contributed by atoms with Gasteiger partial charge in [-0.05, 0) is 29.8 Å². The third kappa shape index (κ3) is 2.47. The lowest BCUT2D eigenvalue weighted by Crippen LogP contribution is -2.19. The topological polar surface area (TPSA) is 38.7 Å². The summed E-state index contributed by atoms with van der Waals surface area (Å²) < 4.78 is 11.2. The Morgan fingerprint density at radius 1 is 1.20 bits per heavy atom. The quantitative estimate of drug-likeness (QED) is 0.911. The Morgan fingerprint density at radius 2 is 1.95 bits per heavy atom. The summed E-state index contributed by atoms with van der Waals surface area (Å²) in [6, 6.07) is 13.0. The van der Waals surface area contributed by atoms with Gasteiger partial charge in [0.1, 0.15) is 17.6 Å². The van der Waals surface area contributed by atoms with Crippen LogP contribution in [-0.2, 0) is 0 Å². The Kier molecular flexibility index (Phi) is 3.55. The second-order valence-corrected chi connectivity index (χ2v) is 5.25. The normalized spacial score (nSPS) is 20.9. The highest BCUT2D eigenvalue weighted by molar-refractivity contribution is 6.30. The second kappa shape index (κ2) is 5.35. The van der Waals surface area contributed by atoms with Crippen molar-refractivity contribution in [2.75, 3.05) is 7.11 Å². The van der Waals surface area contributed by atoms with Crippen LogP contribution in [0.2, 0.25) is 5.02 Å². The van der Waals surface area contributed by atoms with Crippen LogP contribution in [0, 0.1) is 0 Å². The molecule has 104 valence electrons. The van der Waals surface area contributed by atoms with Crippen LogP contribution in [0.1, 0.15) is 29.8 Å². The number of aliphatic hydroxyl groups excluding tert-OH is 1. The maximum atomic E-state index is 10.3. The summed E-state index contributed by atoms with van der Waals surface area (Å²) in [6.45, 7) is 0. The highest BCUT2D eigenvalue weighted by atomic mass is 35.5. The molecule has 0 spiro atoms. The lowest BCUT2D eigenvalue weighted by Gasteiger charge is -2.30. The molecule has 1 aliphatic heterocycles. The molecule has 3 rings (SSSR count). The molecule has 0 saturated carbocycles. The van der Waals surface area contributed by atoms with Gasteiger partial charge in [0.2, 0.25) is 0 Å². The molecule has 3 nitrogen and oxygen atoms in total. The average molecular weight is 291 g/mol. The minimum atomic E-state index is -0.537. The van der Waals surface area contributed by atoms with E-state index in [4.69, 9.17) is 21.1 Å². The van der Waals surface area contributed by atoms with E-state index >= 15 is 0 Å². The Hall–Kier alpha value is -1.71. The molecular weight excluding hydrogens is 276 g/mol. The number of methoxy groups -OCH3 is 1. The Bertz CT molecular complexity index is 610. The fourth-order valence-corrected chi connectivity index (χ4v) is 2.56. The number of hydrogen-bond donors (Lipinski definition) is 1. The van der Waals surface area contributed by atoms with Gasteiger partial charge in [-0.2, -0.15) is 0 Å². The lowest BCUT2D eigenvalue weighted by molar-refractivity contribution is 0.0655. The fraction of sp³-hybridized carbons (Fsp3) is 0.250. The molecule has 2 atom stereocenters. The van der Waals surface area contributed by atoms with E-state index in [1.165, 1.54) is 0 Å². The first-order chi connectivity index (χ1) is 9.67. The molecule has 0 amide bonds. The van der Waals surface area contributed by atoms with E-state index in [1.807, 2.05) is 36.4 Å². The first-order valence-corrected chi connectivity index (χ1v) is 6.83. The van der Waals surface area contributed by atoms with E-state index in [9.17, 15) is 5.11 Å². The molecule has 0 aromatic heterocycles. The van der Waals surface area contributed by atoms with Gasteiger partial charge in [-0.15, -0.1) is 0 Å². The third-order valence-corrected chi connectivity index (χ3v) is 3.78. The molecule has 2 aromatic carbocycles. The van der Waals surface area contributed by atoms with Crippen LogP contribution in [0.5, 0.6) is 11.5 Å². The molecule has 1 N–H and O–H groups in total. The van der Waals surface area contributed by atoms with E-state index < -0.39 is 6.10 Å². The average Bonchev–Trinajstić information content (AvgIpc) is 2.47. The van der Waals surface area contributed by atoms with Crippen molar-refractivity contribution in [3.63, 3.8) is 0 Å². The molecule has 2 aromatic rings. The van der Waals surface area contributed by atoms with Gasteiger partial charge in [-0.3, -0.25) is 0 Å². The van der Waals surface area contributed by atoms with Gasteiger partial charge in [0, 0.05) is 23.1 Å². The second-order valence-electron chi connectivity index (χ2n) is 4.81. The van der Waals surface area contributed by atoms with Gasteiger partial charge >= 0.3 is 0 Å². The van der Waals surface area contributed by atoms with Gasteiger partial charge in [0.25, 0.3) is 0 Å². The highest BCUT2D eigenvalue weighted by Gasteiger charge is 2.28. The monoisotopic (exact) mass is 290 g/mol. The standard InChI is InChI=1S/C16H15ClO3/c1-19-12-6-7-13-14(18)9-15(20-16(13)8-12)10-2-4-11(17)5-3-10/h2-8,14-15,18H,9H2,1H3/t14-,15?/m0/s1. The first-order valence-electron chi connectivity index (χ1n) is 6.45. The van der Waals surface area contributed by atoms with E-state index in [-0.39, 0.29) is 6.10 Å². The maximum absolute atomic E-state index is 10.3. The van der Waals surface area contributed by atoms with Gasteiger partial charge in [-0.1, -0.05) is 23.7 Å². The summed E-state index contributed by atoms with van der Waals surface area (Å²) in [5.74, 6) is 1.38. The van der Waals surface area contributed by atoms with Crippen LogP contribution < -0.4 is 9.47 Å². The van der Waals surface area contributed by atoms with E-state index in [2.05, 4.69) is 0 Å². The zero-order valence-electron chi connectivity index (χ0n) is 11.0. The largest absolute Gasteiger partial charge is 0.497 e. The van der Waals surface area contributed by atoms with Gasteiger partial charge in [-0.25, -0.2) is 0 Å². The number of ether oxygens (including phenoxy) is 2. The van der Waals surface area contributed by atoms with Gasteiger partial charge < -0.3 is 14.6 Å². The molecule has 0 saturated heterocycles. The lowest BCUT2D eigenvalue weighted by atomic mass is 9.95. The molecule has 20 heavy (non-hydrogen) atoms. The predicted molar refractivity (Wildman–Crippen MR) is 77.4 cm³/mol. The molecule has 0 radical (unpaired) electrons. The Morgan fingerprint density at radius 3 is 2.65 bits per heavy atom. The summed E-state index contributed by atoms with van der Waals surface area (Å²) in [5.41, 5.74) is 1.80. The van der Waals surface area contributed by atoms with Gasteiger partial charge in [0.05, 0.1) is 13.2 Å². The number of fused-ring (bicyclic) bond motifs is 1. The van der Waals surface area contributed by atoms with Crippen LogP contribution in [0.3, 0.4) is 0 Å². The third-order valence-electron chi connectivity index (χ3n) is 3.53. The Labute approximate surface area is 122 Å². The van der Waals surface area contributed by atoms with E-state index in [0.717, 1.165) is 11.1 Å². The van der Waals surface area contributed by atoms with E-state index in [1.54, 1.807) is 13.2 Å². The fourth-order valence-electron chi connectivity index (χ4n) is 2.43. The summed E-state index contributed by atoms with van der Waals surface area (Å²) >= 11 is 5.89. The number of benzene rings is 2. The highest BCUT2D eigenvalue weighted by Crippen LogP contribution is 2.42. The van der Waals surface area contributed by atoms with E-state index in [0.29, 0.717) is 22.9 Å². The van der Waals surface area contributed by atoms with Crippen LogP contribution in [0.4, 0.5) is 0 Å². The number of hydrogen-bond acceptors (Lipinski definition) is 3.